The van der Waals surface area contributed by atoms with Crippen molar-refractivity contribution in [2.45, 2.75) is 25.8 Å². The van der Waals surface area contributed by atoms with E-state index in [1.165, 1.54) is 7.11 Å². The molecule has 0 saturated heterocycles. The van der Waals surface area contributed by atoms with E-state index in [0.29, 0.717) is 21.7 Å². The van der Waals surface area contributed by atoms with Crippen molar-refractivity contribution >= 4 is 17.4 Å². The zero-order valence-electron chi connectivity index (χ0n) is 28.7. The molecule has 5 aromatic carbocycles. The molecule has 1 aliphatic rings. The molecule has 0 N–H and O–H groups in total. The number of carbonyl (C=O) groups excluding carboxylic acids is 1. The Hall–Kier alpha value is -5.99. The Morgan fingerprint density at radius 2 is 1.22 bits per heavy atom. The van der Waals surface area contributed by atoms with Crippen LogP contribution in [0.4, 0.5) is 0 Å². The van der Waals surface area contributed by atoms with Crippen LogP contribution in [-0.2, 0) is 15.1 Å². The molecule has 248 valence electrons. The minimum atomic E-state index is -0.873. The summed E-state index contributed by atoms with van der Waals surface area (Å²) in [5.41, 5.74) is 7.97. The minimum Gasteiger partial charge on any atom is -0.465 e. The Morgan fingerprint density at radius 1 is 0.720 bits per heavy atom. The van der Waals surface area contributed by atoms with E-state index in [-0.39, 0.29) is 5.97 Å². The summed E-state index contributed by atoms with van der Waals surface area (Å²) in [5.74, 6) is 0.139. The summed E-state index contributed by atoms with van der Waals surface area (Å²) < 4.78 is 5.48. The molecule has 1 unspecified atom stereocenters. The maximum atomic E-state index is 12.9. The molecule has 50 heavy (non-hydrogen) atoms. The second kappa shape index (κ2) is 13.5. The maximum Gasteiger partial charge on any atom is 0.346 e. The number of nitrogens with zero attached hydrogens (tertiary/aromatic N) is 6. The highest BCUT2D eigenvalue weighted by Crippen LogP contribution is 2.41. The summed E-state index contributed by atoms with van der Waals surface area (Å²) in [4.78, 5) is 14.7. The predicted molar refractivity (Wildman–Crippen MR) is 197 cm³/mol. The molecule has 1 aliphatic heterocycles. The average Bonchev–Trinajstić information content (AvgIpc) is 3.75. The lowest BCUT2D eigenvalue weighted by atomic mass is 9.77. The van der Waals surface area contributed by atoms with E-state index in [1.807, 2.05) is 86.8 Å². The number of methoxy groups -OCH3 is 1. The quantitative estimate of drug-likeness (QED) is 0.0847. The fraction of sp³-hybridized carbons (Fsp3) is 0.167. The second-order valence-electron chi connectivity index (χ2n) is 12.6. The normalized spacial score (nSPS) is 16.0. The van der Waals surface area contributed by atoms with Crippen molar-refractivity contribution in [3.8, 4) is 22.5 Å². The molecule has 0 fully saturated rings. The molecule has 8 nitrogen and oxygen atoms in total. The number of aromatic nitrogens is 4. The van der Waals surface area contributed by atoms with Crippen molar-refractivity contribution in [1.82, 2.24) is 20.2 Å². The van der Waals surface area contributed by atoms with Crippen LogP contribution in [-0.4, -0.2) is 57.2 Å². The standard InChI is InChI=1S/C42H39N6O2/c1-5-29-48(3)39(38(30(2)45-48)41(49)50-4)32-27-25-31(26-28-32)36-23-15-16-24-37(36)40-43-46-47(44-40)42(33-17-9-6-10-18-33,34-19-11-7-12-20-34)35-21-13-8-14-22-35/h6-28H,5,29H2,1-4H3/q+1. The summed E-state index contributed by atoms with van der Waals surface area (Å²) in [7, 11) is 3.45. The number of carbonyl (C=O) groups is 1. The van der Waals surface area contributed by atoms with E-state index in [4.69, 9.17) is 25.2 Å². The molecule has 7 rings (SSSR count). The Morgan fingerprint density at radius 3 is 1.74 bits per heavy atom. The fourth-order valence-electron chi connectivity index (χ4n) is 7.30. The van der Waals surface area contributed by atoms with Gasteiger partial charge in [0, 0.05) is 11.1 Å². The van der Waals surface area contributed by atoms with E-state index in [0.717, 1.165) is 57.6 Å². The van der Waals surface area contributed by atoms with Crippen molar-refractivity contribution < 1.29 is 14.1 Å². The number of quaternary nitrogens is 1. The zero-order chi connectivity index (χ0) is 34.7. The number of esters is 1. The monoisotopic (exact) mass is 659 g/mol. The highest BCUT2D eigenvalue weighted by atomic mass is 16.5. The van der Waals surface area contributed by atoms with Crippen molar-refractivity contribution in [1.29, 1.82) is 0 Å². The van der Waals surface area contributed by atoms with Gasteiger partial charge in [0.2, 0.25) is 5.82 Å². The van der Waals surface area contributed by atoms with Crippen molar-refractivity contribution in [2.24, 2.45) is 5.10 Å². The van der Waals surface area contributed by atoms with Crippen LogP contribution in [0.25, 0.3) is 28.2 Å². The van der Waals surface area contributed by atoms with Gasteiger partial charge in [0.15, 0.2) is 11.2 Å². The fourth-order valence-corrected chi connectivity index (χ4v) is 7.30. The van der Waals surface area contributed by atoms with E-state index >= 15 is 0 Å². The van der Waals surface area contributed by atoms with Crippen LogP contribution in [0, 0.1) is 0 Å². The van der Waals surface area contributed by atoms with Crippen molar-refractivity contribution in [3.05, 3.63) is 167 Å². The molecule has 0 saturated carbocycles. The SMILES string of the molecule is CCC[N+]1(C)N=C(C)C(C(=O)OC)=C1c1ccc(-c2ccccc2-c2nnn(C(c3ccccc3)(c3ccccc3)c3ccccc3)n2)cc1. The van der Waals surface area contributed by atoms with Gasteiger partial charge in [-0.15, -0.1) is 15.0 Å². The summed E-state index contributed by atoms with van der Waals surface area (Å²) >= 11 is 0. The Kier molecular flexibility index (Phi) is 8.78. The lowest BCUT2D eigenvalue weighted by Crippen LogP contribution is -2.39. The molecule has 6 aromatic rings. The molecular formula is C42H39N6O2+. The largest absolute Gasteiger partial charge is 0.465 e. The molecule has 8 heteroatoms. The highest BCUT2D eigenvalue weighted by Gasteiger charge is 2.43. The van der Waals surface area contributed by atoms with Gasteiger partial charge in [0.05, 0.1) is 14.2 Å². The molecule has 1 atom stereocenters. The Labute approximate surface area is 292 Å². The first kappa shape index (κ1) is 32.6. The number of hydrogen-bond acceptors (Lipinski definition) is 6. The zero-order valence-corrected chi connectivity index (χ0v) is 28.7. The van der Waals surface area contributed by atoms with Crippen LogP contribution in [0.15, 0.2) is 150 Å². The van der Waals surface area contributed by atoms with Gasteiger partial charge in [-0.3, -0.25) is 0 Å². The van der Waals surface area contributed by atoms with Gasteiger partial charge in [0.1, 0.15) is 17.8 Å². The number of ether oxygens (including phenoxy) is 1. The molecular weight excluding hydrogens is 621 g/mol. The van der Waals surface area contributed by atoms with Crippen LogP contribution in [0.3, 0.4) is 0 Å². The number of tetrazole rings is 1. The van der Waals surface area contributed by atoms with Crippen LogP contribution >= 0.6 is 0 Å². The smallest absolute Gasteiger partial charge is 0.346 e. The van der Waals surface area contributed by atoms with Gasteiger partial charge in [-0.05, 0) is 58.5 Å². The van der Waals surface area contributed by atoms with E-state index in [2.05, 4.69) is 73.7 Å². The van der Waals surface area contributed by atoms with Gasteiger partial charge in [-0.25, -0.2) is 4.79 Å². The highest BCUT2D eigenvalue weighted by molar-refractivity contribution is 6.24. The van der Waals surface area contributed by atoms with Crippen molar-refractivity contribution in [2.75, 3.05) is 20.7 Å². The first-order valence-electron chi connectivity index (χ1n) is 16.8. The molecule has 0 aliphatic carbocycles. The van der Waals surface area contributed by atoms with Gasteiger partial charge >= 0.3 is 5.97 Å². The van der Waals surface area contributed by atoms with Gasteiger partial charge in [-0.1, -0.05) is 139 Å². The van der Waals surface area contributed by atoms with E-state index < -0.39 is 5.54 Å². The first-order valence-corrected chi connectivity index (χ1v) is 16.8. The molecule has 1 aromatic heterocycles. The molecule has 2 heterocycles. The van der Waals surface area contributed by atoms with Crippen molar-refractivity contribution in [3.63, 3.8) is 0 Å². The topological polar surface area (TPSA) is 82.3 Å². The van der Waals surface area contributed by atoms with E-state index in [9.17, 15) is 4.79 Å². The summed E-state index contributed by atoms with van der Waals surface area (Å²) in [6, 6.07) is 47.3. The molecule has 0 amide bonds. The molecule has 0 bridgehead atoms. The molecule has 0 spiro atoms. The Bertz CT molecular complexity index is 2100. The third-order valence-electron chi connectivity index (χ3n) is 9.43. The third kappa shape index (κ3) is 5.53. The van der Waals surface area contributed by atoms with Gasteiger partial charge < -0.3 is 4.74 Å². The summed E-state index contributed by atoms with van der Waals surface area (Å²) in [6.07, 6.45) is 0.907. The molecule has 0 radical (unpaired) electrons. The first-order chi connectivity index (χ1) is 24.4. The van der Waals surface area contributed by atoms with E-state index in [1.54, 1.807) is 4.80 Å². The maximum absolute atomic E-state index is 12.9. The van der Waals surface area contributed by atoms with Gasteiger partial charge in [-0.2, -0.15) is 4.59 Å². The van der Waals surface area contributed by atoms with Crippen LogP contribution in [0.2, 0.25) is 0 Å². The lowest BCUT2D eigenvalue weighted by Gasteiger charge is -2.34. The Balaban J connectivity index is 1.34. The third-order valence-corrected chi connectivity index (χ3v) is 9.43. The number of hydrogen-bond donors (Lipinski definition) is 0. The minimum absolute atomic E-state index is 0.293. The summed E-state index contributed by atoms with van der Waals surface area (Å²) in [5, 5.41) is 19.5. The van der Waals surface area contributed by atoms with Crippen LogP contribution in [0.1, 0.15) is 42.5 Å². The van der Waals surface area contributed by atoms with Crippen LogP contribution in [0.5, 0.6) is 0 Å². The predicted octanol–water partition coefficient (Wildman–Crippen LogP) is 7.98. The van der Waals surface area contributed by atoms with Gasteiger partial charge in [0.25, 0.3) is 0 Å². The average molecular weight is 660 g/mol. The summed E-state index contributed by atoms with van der Waals surface area (Å²) in [6.45, 7) is 4.75. The number of rotatable bonds is 10. The second-order valence-corrected chi connectivity index (χ2v) is 12.6. The van der Waals surface area contributed by atoms with Crippen LogP contribution < -0.4 is 0 Å². The lowest BCUT2D eigenvalue weighted by molar-refractivity contribution is -0.844. The number of benzene rings is 5.